The van der Waals surface area contributed by atoms with E-state index in [2.05, 4.69) is 5.32 Å². The Hall–Kier alpha value is -2.18. The molecule has 1 aliphatic rings. The number of carbonyl (C=O) groups is 1. The molecule has 1 amide bonds. The summed E-state index contributed by atoms with van der Waals surface area (Å²) in [6.07, 6.45) is 1.39. The predicted molar refractivity (Wildman–Crippen MR) is 113 cm³/mol. The van der Waals surface area contributed by atoms with Crippen LogP contribution in [0.5, 0.6) is 0 Å². The third kappa shape index (κ3) is 4.80. The highest BCUT2D eigenvalue weighted by Gasteiger charge is 2.32. The van der Waals surface area contributed by atoms with Crippen LogP contribution < -0.4 is 5.32 Å². The second kappa shape index (κ2) is 8.45. The number of carbonyl (C=O) groups excluding carboxylic acids is 1. The number of nitrogens with one attached hydrogen (secondary N) is 1. The predicted octanol–water partition coefficient (Wildman–Crippen LogP) is 3.79. The normalized spacial score (nSPS) is 18.0. The summed E-state index contributed by atoms with van der Waals surface area (Å²) in [7, 11) is -3.46. The average Bonchev–Trinajstić information content (AvgIpc) is 2.66. The van der Waals surface area contributed by atoms with Gasteiger partial charge in [-0.05, 0) is 56.4 Å². The molecule has 2 aromatic rings. The van der Waals surface area contributed by atoms with Gasteiger partial charge in [0.1, 0.15) is 0 Å². The van der Waals surface area contributed by atoms with E-state index in [0.717, 1.165) is 27.9 Å². The van der Waals surface area contributed by atoms with E-state index in [1.165, 1.54) is 4.31 Å². The molecule has 1 saturated heterocycles. The van der Waals surface area contributed by atoms with Gasteiger partial charge in [0, 0.05) is 18.8 Å². The van der Waals surface area contributed by atoms with Gasteiger partial charge in [0.2, 0.25) is 15.9 Å². The number of benzene rings is 2. The lowest BCUT2D eigenvalue weighted by Gasteiger charge is -2.31. The molecule has 1 unspecified atom stereocenters. The van der Waals surface area contributed by atoms with Crippen molar-refractivity contribution in [1.82, 2.24) is 4.31 Å². The summed E-state index contributed by atoms with van der Waals surface area (Å²) in [5, 5.41) is 2.98. The van der Waals surface area contributed by atoms with Crippen molar-refractivity contribution >= 4 is 21.6 Å². The summed E-state index contributed by atoms with van der Waals surface area (Å²) in [5.74, 6) is -0.464. The smallest absolute Gasteiger partial charge is 0.228 e. The van der Waals surface area contributed by atoms with Crippen LogP contribution in [0, 0.1) is 26.7 Å². The van der Waals surface area contributed by atoms with Crippen molar-refractivity contribution in [2.75, 3.05) is 18.4 Å². The monoisotopic (exact) mass is 400 g/mol. The van der Waals surface area contributed by atoms with Crippen molar-refractivity contribution in [3.8, 4) is 0 Å². The Morgan fingerprint density at radius 1 is 1.11 bits per heavy atom. The molecular weight excluding hydrogens is 372 g/mol. The van der Waals surface area contributed by atoms with Gasteiger partial charge in [-0.15, -0.1) is 0 Å². The molecule has 5 nitrogen and oxygen atoms in total. The molecule has 1 N–H and O–H groups in total. The zero-order valence-corrected chi connectivity index (χ0v) is 17.6. The molecule has 0 saturated carbocycles. The van der Waals surface area contributed by atoms with E-state index in [4.69, 9.17) is 0 Å². The SMILES string of the molecule is Cc1ccc(NC(=O)C2CCCN(S(=O)(=O)Cc3ccccc3C)C2)c(C)c1. The van der Waals surface area contributed by atoms with Crippen molar-refractivity contribution < 1.29 is 13.2 Å². The van der Waals surface area contributed by atoms with Gasteiger partial charge in [-0.25, -0.2) is 12.7 Å². The lowest BCUT2D eigenvalue weighted by atomic mass is 9.98. The van der Waals surface area contributed by atoms with Crippen LogP contribution in [0.1, 0.15) is 35.1 Å². The first-order valence-electron chi connectivity index (χ1n) is 9.67. The lowest BCUT2D eigenvalue weighted by molar-refractivity contribution is -0.120. The average molecular weight is 401 g/mol. The molecule has 0 aromatic heterocycles. The number of sulfonamides is 1. The maximum absolute atomic E-state index is 12.9. The second-order valence-electron chi connectivity index (χ2n) is 7.69. The number of piperidine rings is 1. The van der Waals surface area contributed by atoms with Gasteiger partial charge in [0.05, 0.1) is 11.7 Å². The van der Waals surface area contributed by atoms with Crippen LogP contribution >= 0.6 is 0 Å². The highest BCUT2D eigenvalue weighted by atomic mass is 32.2. The minimum atomic E-state index is -3.46. The third-order valence-electron chi connectivity index (χ3n) is 5.39. The first-order chi connectivity index (χ1) is 13.3. The quantitative estimate of drug-likeness (QED) is 0.830. The highest BCUT2D eigenvalue weighted by molar-refractivity contribution is 7.88. The van der Waals surface area contributed by atoms with Crippen LogP contribution in [0.3, 0.4) is 0 Å². The molecule has 6 heteroatoms. The molecule has 1 atom stereocenters. The number of aryl methyl sites for hydroxylation is 3. The van der Waals surface area contributed by atoms with Gasteiger partial charge in [0.25, 0.3) is 0 Å². The van der Waals surface area contributed by atoms with Crippen LogP contribution in [0.4, 0.5) is 5.69 Å². The van der Waals surface area contributed by atoms with Gasteiger partial charge in [-0.3, -0.25) is 4.79 Å². The van der Waals surface area contributed by atoms with Gasteiger partial charge in [-0.1, -0.05) is 42.0 Å². The number of rotatable bonds is 5. The number of amides is 1. The molecular formula is C22H28N2O3S. The summed E-state index contributed by atoms with van der Waals surface area (Å²) in [6, 6.07) is 13.4. The Balaban J connectivity index is 1.69. The van der Waals surface area contributed by atoms with Crippen LogP contribution in [-0.2, 0) is 20.6 Å². The van der Waals surface area contributed by atoms with Crippen LogP contribution in [0.25, 0.3) is 0 Å². The van der Waals surface area contributed by atoms with E-state index >= 15 is 0 Å². The van der Waals surface area contributed by atoms with E-state index in [9.17, 15) is 13.2 Å². The zero-order chi connectivity index (χ0) is 20.3. The zero-order valence-electron chi connectivity index (χ0n) is 16.7. The fraction of sp³-hybridized carbons (Fsp3) is 0.409. The Kier molecular flexibility index (Phi) is 6.20. The minimum absolute atomic E-state index is 0.0227. The number of hydrogen-bond donors (Lipinski definition) is 1. The first kappa shape index (κ1) is 20.6. The maximum Gasteiger partial charge on any atom is 0.228 e. The molecule has 150 valence electrons. The Bertz CT molecular complexity index is 969. The van der Waals surface area contributed by atoms with E-state index in [-0.39, 0.29) is 24.1 Å². The fourth-order valence-electron chi connectivity index (χ4n) is 3.66. The highest BCUT2D eigenvalue weighted by Crippen LogP contribution is 2.24. The molecule has 28 heavy (non-hydrogen) atoms. The maximum atomic E-state index is 12.9. The second-order valence-corrected chi connectivity index (χ2v) is 9.66. The van der Waals surface area contributed by atoms with Gasteiger partial charge >= 0.3 is 0 Å². The summed E-state index contributed by atoms with van der Waals surface area (Å²) < 4.78 is 27.3. The molecule has 1 aliphatic heterocycles. The Morgan fingerprint density at radius 3 is 2.57 bits per heavy atom. The lowest BCUT2D eigenvalue weighted by Crippen LogP contribution is -2.44. The van der Waals surface area contributed by atoms with Crippen LogP contribution in [-0.4, -0.2) is 31.7 Å². The van der Waals surface area contributed by atoms with Crippen molar-refractivity contribution in [2.45, 2.75) is 39.4 Å². The standard InChI is InChI=1S/C22H28N2O3S/c1-16-10-11-21(18(3)13-16)23-22(25)19-9-6-12-24(14-19)28(26,27)15-20-8-5-4-7-17(20)2/h4-5,7-8,10-11,13,19H,6,9,12,14-15H2,1-3H3,(H,23,25). The number of hydrogen-bond acceptors (Lipinski definition) is 3. The van der Waals surface area contributed by atoms with Crippen molar-refractivity contribution in [1.29, 1.82) is 0 Å². The van der Waals surface area contributed by atoms with Gasteiger partial charge in [0.15, 0.2) is 0 Å². The van der Waals surface area contributed by atoms with Gasteiger partial charge in [-0.2, -0.15) is 0 Å². The number of nitrogens with zero attached hydrogens (tertiary/aromatic N) is 1. The molecule has 1 heterocycles. The van der Waals surface area contributed by atoms with Crippen molar-refractivity contribution in [3.05, 3.63) is 64.7 Å². The van der Waals surface area contributed by atoms with E-state index in [1.807, 2.05) is 63.2 Å². The molecule has 2 aromatic carbocycles. The summed E-state index contributed by atoms with van der Waals surface area (Å²) in [5.41, 5.74) is 4.71. The molecule has 0 bridgehead atoms. The van der Waals surface area contributed by atoms with Crippen LogP contribution in [0.2, 0.25) is 0 Å². The minimum Gasteiger partial charge on any atom is -0.326 e. The van der Waals surface area contributed by atoms with Crippen molar-refractivity contribution in [2.24, 2.45) is 5.92 Å². The molecule has 0 spiro atoms. The third-order valence-corrected chi connectivity index (χ3v) is 7.18. The number of anilines is 1. The topological polar surface area (TPSA) is 66.5 Å². The molecule has 0 aliphatic carbocycles. The largest absolute Gasteiger partial charge is 0.326 e. The Labute approximate surface area is 167 Å². The van der Waals surface area contributed by atoms with Gasteiger partial charge < -0.3 is 5.32 Å². The van der Waals surface area contributed by atoms with E-state index in [1.54, 1.807) is 0 Å². The van der Waals surface area contributed by atoms with E-state index in [0.29, 0.717) is 19.4 Å². The fourth-order valence-corrected chi connectivity index (χ4v) is 5.37. The molecule has 0 radical (unpaired) electrons. The summed E-state index contributed by atoms with van der Waals surface area (Å²) in [4.78, 5) is 12.8. The summed E-state index contributed by atoms with van der Waals surface area (Å²) >= 11 is 0. The van der Waals surface area contributed by atoms with Crippen LogP contribution in [0.15, 0.2) is 42.5 Å². The molecule has 1 fully saturated rings. The van der Waals surface area contributed by atoms with E-state index < -0.39 is 10.0 Å². The first-order valence-corrected chi connectivity index (χ1v) is 11.3. The summed E-state index contributed by atoms with van der Waals surface area (Å²) in [6.45, 7) is 6.60. The Morgan fingerprint density at radius 2 is 1.86 bits per heavy atom. The molecule has 3 rings (SSSR count). The van der Waals surface area contributed by atoms with Crippen molar-refractivity contribution in [3.63, 3.8) is 0 Å².